The summed E-state index contributed by atoms with van der Waals surface area (Å²) >= 11 is 25.4. The van der Waals surface area contributed by atoms with Crippen molar-refractivity contribution in [2.45, 2.75) is 18.0 Å². The summed E-state index contributed by atoms with van der Waals surface area (Å²) in [6.45, 7) is -0.0127. The molecule has 1 aliphatic heterocycles. The maximum atomic E-state index is 12.4. The quantitative estimate of drug-likeness (QED) is 0.180. The Balaban J connectivity index is 1.56. The Hall–Kier alpha value is -2.17. The number of hydrogen-bond donors (Lipinski definition) is 0. The van der Waals surface area contributed by atoms with Crippen molar-refractivity contribution in [1.29, 1.82) is 0 Å². The fourth-order valence-corrected chi connectivity index (χ4v) is 5.14. The van der Waals surface area contributed by atoms with Gasteiger partial charge in [-0.05, 0) is 18.2 Å². The summed E-state index contributed by atoms with van der Waals surface area (Å²) in [4.78, 5) is 24.6. The molecular formula is C18H10Cl4N4O4S. The topological polar surface area (TPSA) is 98.5 Å². The number of benzene rings is 2. The van der Waals surface area contributed by atoms with Crippen LogP contribution in [0.3, 0.4) is 0 Å². The molecule has 3 aromatic rings. The second-order valence-corrected chi connectivity index (χ2v) is 9.10. The van der Waals surface area contributed by atoms with Gasteiger partial charge in [0.05, 0.1) is 26.6 Å². The molecular weight excluding hydrogens is 510 g/mol. The van der Waals surface area contributed by atoms with Crippen molar-refractivity contribution in [3.05, 3.63) is 72.2 Å². The normalized spacial score (nSPS) is 18.1. The zero-order chi connectivity index (χ0) is 22.3. The number of hydrogen-bond acceptors (Lipinski definition) is 7. The van der Waals surface area contributed by atoms with Crippen molar-refractivity contribution >= 4 is 74.5 Å². The maximum absolute atomic E-state index is 12.4. The number of nitro benzene ring substituents is 1. The number of anilines is 1. The Labute approximate surface area is 199 Å². The van der Waals surface area contributed by atoms with E-state index in [1.807, 2.05) is 0 Å². The summed E-state index contributed by atoms with van der Waals surface area (Å²) < 4.78 is 5.63. The Bertz CT molecular complexity index is 1170. The largest absolute Gasteiger partial charge is 0.483 e. The number of aromatic nitrogens is 2. The van der Waals surface area contributed by atoms with Crippen LogP contribution in [-0.2, 0) is 11.4 Å². The van der Waals surface area contributed by atoms with E-state index >= 15 is 0 Å². The monoisotopic (exact) mass is 518 g/mol. The fraction of sp³-hybridized carbons (Fsp3) is 0.167. The summed E-state index contributed by atoms with van der Waals surface area (Å²) in [5, 5.41) is 20.0. The van der Waals surface area contributed by atoms with Crippen LogP contribution in [0.4, 0.5) is 10.8 Å². The van der Waals surface area contributed by atoms with Gasteiger partial charge in [-0.2, -0.15) is 0 Å². The molecule has 0 spiro atoms. The molecule has 31 heavy (non-hydrogen) atoms. The van der Waals surface area contributed by atoms with Crippen LogP contribution in [0.15, 0.2) is 36.4 Å². The predicted octanol–water partition coefficient (Wildman–Crippen LogP) is 5.68. The molecule has 0 aliphatic carbocycles. The molecule has 2 unspecified atom stereocenters. The summed E-state index contributed by atoms with van der Waals surface area (Å²) in [6.07, 6.45) is 0. The first-order valence-corrected chi connectivity index (χ1v) is 11.0. The highest BCUT2D eigenvalue weighted by atomic mass is 35.5. The number of nitro groups is 1. The minimum atomic E-state index is -0.948. The molecule has 2 atom stereocenters. The van der Waals surface area contributed by atoms with E-state index in [-0.39, 0.29) is 33.2 Å². The van der Waals surface area contributed by atoms with Gasteiger partial charge in [-0.1, -0.05) is 58.3 Å². The zero-order valence-corrected chi connectivity index (χ0v) is 19.0. The lowest BCUT2D eigenvalue weighted by atomic mass is 9.92. The van der Waals surface area contributed by atoms with E-state index in [9.17, 15) is 14.9 Å². The highest BCUT2D eigenvalue weighted by Crippen LogP contribution is 2.45. The number of para-hydroxylation sites is 1. The number of β-lactam (4-membered cyclic amide) rings is 1. The summed E-state index contributed by atoms with van der Waals surface area (Å²) in [5.74, 6) is -0.180. The van der Waals surface area contributed by atoms with Crippen LogP contribution in [-0.4, -0.2) is 26.4 Å². The second-order valence-electron chi connectivity index (χ2n) is 6.34. The number of ether oxygens (including phenoxy) is 1. The average Bonchev–Trinajstić information content (AvgIpc) is 3.18. The lowest BCUT2D eigenvalue weighted by Crippen LogP contribution is -2.56. The molecule has 0 saturated carbocycles. The first-order chi connectivity index (χ1) is 14.8. The fourth-order valence-electron chi connectivity index (χ4n) is 3.07. The van der Waals surface area contributed by atoms with Gasteiger partial charge >= 0.3 is 0 Å². The summed E-state index contributed by atoms with van der Waals surface area (Å²) in [6, 6.07) is 8.36. The minimum Gasteiger partial charge on any atom is -0.483 e. The van der Waals surface area contributed by atoms with E-state index in [4.69, 9.17) is 51.1 Å². The van der Waals surface area contributed by atoms with Gasteiger partial charge in [0.2, 0.25) is 11.0 Å². The molecule has 1 aliphatic rings. The third-order valence-electron chi connectivity index (χ3n) is 4.45. The standard InChI is InChI=1S/C18H10Cl4N4O4S/c19-8-5-10(20)16(11(21)6-8)30-7-13-23-24-18(31-13)25-15(14(22)17(25)27)9-3-1-2-4-12(9)26(28)29/h1-6,14-15H,7H2. The van der Waals surface area contributed by atoms with Crippen LogP contribution in [0, 0.1) is 10.1 Å². The van der Waals surface area contributed by atoms with Gasteiger partial charge in [0.15, 0.2) is 10.8 Å². The third-order valence-corrected chi connectivity index (χ3v) is 6.55. The molecule has 1 saturated heterocycles. The van der Waals surface area contributed by atoms with Crippen molar-refractivity contribution in [1.82, 2.24) is 10.2 Å². The lowest BCUT2D eigenvalue weighted by Gasteiger charge is -2.42. The number of rotatable bonds is 6. The highest BCUT2D eigenvalue weighted by Gasteiger charge is 2.51. The van der Waals surface area contributed by atoms with Gasteiger partial charge in [0.1, 0.15) is 12.0 Å². The smallest absolute Gasteiger partial charge is 0.274 e. The van der Waals surface area contributed by atoms with Crippen LogP contribution in [0.2, 0.25) is 15.1 Å². The maximum Gasteiger partial charge on any atom is 0.274 e. The van der Waals surface area contributed by atoms with Gasteiger partial charge < -0.3 is 4.74 Å². The second kappa shape index (κ2) is 8.76. The predicted molar refractivity (Wildman–Crippen MR) is 119 cm³/mol. The molecule has 1 fully saturated rings. The Kier molecular flexibility index (Phi) is 6.23. The van der Waals surface area contributed by atoms with E-state index in [0.717, 1.165) is 11.3 Å². The van der Waals surface area contributed by atoms with Crippen LogP contribution >= 0.6 is 57.7 Å². The molecule has 160 valence electrons. The first-order valence-electron chi connectivity index (χ1n) is 8.58. The van der Waals surface area contributed by atoms with E-state index in [2.05, 4.69) is 10.2 Å². The van der Waals surface area contributed by atoms with Crippen molar-refractivity contribution in [2.24, 2.45) is 0 Å². The van der Waals surface area contributed by atoms with Crippen molar-refractivity contribution in [3.8, 4) is 5.75 Å². The summed E-state index contributed by atoms with van der Waals surface area (Å²) in [7, 11) is 0. The SMILES string of the molecule is O=C1C(Cl)C(c2ccccc2[N+](=O)[O-])N1c1nnc(COc2c(Cl)cc(Cl)cc2Cl)s1. The molecule has 0 radical (unpaired) electrons. The van der Waals surface area contributed by atoms with Crippen LogP contribution in [0.1, 0.15) is 16.6 Å². The molecule has 1 aromatic heterocycles. The van der Waals surface area contributed by atoms with Gasteiger partial charge in [0, 0.05) is 11.1 Å². The van der Waals surface area contributed by atoms with Crippen molar-refractivity contribution < 1.29 is 14.5 Å². The van der Waals surface area contributed by atoms with Crippen molar-refractivity contribution in [3.63, 3.8) is 0 Å². The number of carbonyl (C=O) groups excluding carboxylic acids is 1. The molecule has 0 bridgehead atoms. The molecule has 0 N–H and O–H groups in total. The highest BCUT2D eigenvalue weighted by molar-refractivity contribution is 7.15. The third kappa shape index (κ3) is 4.16. The number of amides is 1. The number of alkyl halides is 1. The minimum absolute atomic E-state index is 0.0127. The van der Waals surface area contributed by atoms with Gasteiger partial charge in [0.25, 0.3) is 5.69 Å². The van der Waals surface area contributed by atoms with E-state index in [1.54, 1.807) is 18.2 Å². The molecule has 1 amide bonds. The van der Waals surface area contributed by atoms with Gasteiger partial charge in [-0.3, -0.25) is 19.8 Å². The number of nitrogens with zero attached hydrogens (tertiary/aromatic N) is 4. The molecule has 4 rings (SSSR count). The van der Waals surface area contributed by atoms with Crippen LogP contribution in [0.25, 0.3) is 0 Å². The molecule has 13 heteroatoms. The average molecular weight is 520 g/mol. The summed E-state index contributed by atoms with van der Waals surface area (Å²) in [5.41, 5.74) is 0.190. The van der Waals surface area contributed by atoms with Crippen LogP contribution < -0.4 is 9.64 Å². The Morgan fingerprint density at radius 3 is 2.52 bits per heavy atom. The Morgan fingerprint density at radius 2 is 1.84 bits per heavy atom. The van der Waals surface area contributed by atoms with E-state index in [0.29, 0.717) is 15.6 Å². The lowest BCUT2D eigenvalue weighted by molar-refractivity contribution is -0.385. The molecule has 2 heterocycles. The van der Waals surface area contributed by atoms with Gasteiger partial charge in [-0.25, -0.2) is 0 Å². The zero-order valence-electron chi connectivity index (χ0n) is 15.2. The molecule has 8 nitrogen and oxygen atoms in total. The first kappa shape index (κ1) is 22.0. The van der Waals surface area contributed by atoms with Gasteiger partial charge in [-0.15, -0.1) is 21.8 Å². The Morgan fingerprint density at radius 1 is 1.16 bits per heavy atom. The van der Waals surface area contributed by atoms with Crippen molar-refractivity contribution in [2.75, 3.05) is 4.90 Å². The number of halogens is 4. The van der Waals surface area contributed by atoms with Crippen LogP contribution in [0.5, 0.6) is 5.75 Å². The molecule has 2 aromatic carbocycles. The van der Waals surface area contributed by atoms with E-state index in [1.165, 1.54) is 23.1 Å². The number of carbonyl (C=O) groups is 1. The van der Waals surface area contributed by atoms with E-state index < -0.39 is 22.2 Å².